The van der Waals surface area contributed by atoms with E-state index in [-0.39, 0.29) is 5.04 Å². The Hall–Kier alpha value is -1.46. The maximum atomic E-state index is 10.5. The van der Waals surface area contributed by atoms with Gasteiger partial charge in [0.25, 0.3) is 8.32 Å². The highest BCUT2D eigenvalue weighted by molar-refractivity contribution is 6.99. The first-order valence-electron chi connectivity index (χ1n) is 9.92. The third kappa shape index (κ3) is 4.52. The number of rotatable bonds is 8. The van der Waals surface area contributed by atoms with Crippen molar-refractivity contribution in [1.29, 1.82) is 0 Å². The molecule has 1 aliphatic rings. The van der Waals surface area contributed by atoms with Crippen LogP contribution in [0.1, 0.15) is 46.5 Å². The minimum absolute atomic E-state index is 0.0931. The van der Waals surface area contributed by atoms with Gasteiger partial charge in [-0.15, -0.1) is 0 Å². The van der Waals surface area contributed by atoms with E-state index in [0.29, 0.717) is 19.4 Å². The van der Waals surface area contributed by atoms with Crippen LogP contribution in [0, 0.1) is 0 Å². The Labute approximate surface area is 164 Å². The van der Waals surface area contributed by atoms with E-state index < -0.39 is 20.0 Å². The number of aliphatic hydroxyl groups is 2. The van der Waals surface area contributed by atoms with Crippen LogP contribution in [0.25, 0.3) is 0 Å². The zero-order chi connectivity index (χ0) is 19.5. The van der Waals surface area contributed by atoms with E-state index in [1.54, 1.807) is 0 Å². The van der Waals surface area contributed by atoms with Crippen LogP contribution in [-0.2, 0) is 4.43 Å². The van der Waals surface area contributed by atoms with E-state index in [9.17, 15) is 10.2 Å². The Morgan fingerprint density at radius 2 is 1.44 bits per heavy atom. The van der Waals surface area contributed by atoms with Crippen molar-refractivity contribution in [2.75, 3.05) is 6.61 Å². The average molecular weight is 385 g/mol. The summed E-state index contributed by atoms with van der Waals surface area (Å²) in [6.45, 7) is 7.00. The Balaban J connectivity index is 1.89. The predicted octanol–water partition coefficient (Wildman–Crippen LogP) is 3.23. The normalized spacial score (nSPS) is 17.5. The molecule has 0 aliphatic heterocycles. The molecule has 0 amide bonds. The van der Waals surface area contributed by atoms with Gasteiger partial charge in [-0.3, -0.25) is 0 Å². The molecule has 2 aromatic carbocycles. The average Bonchev–Trinajstić information content (AvgIpc) is 3.39. The van der Waals surface area contributed by atoms with Gasteiger partial charge in [0.05, 0.1) is 18.3 Å². The van der Waals surface area contributed by atoms with Crippen molar-refractivity contribution in [3.63, 3.8) is 0 Å². The summed E-state index contributed by atoms with van der Waals surface area (Å²) >= 11 is 0. The largest absolute Gasteiger partial charge is 0.405 e. The standard InChI is InChI=1S/C23H32O3Si/c1-22(2,3)27(20-10-6-4-7-11-20,21-12-8-5-9-13-21)26-18-19(24)14-15-23(25)16-17-23/h4-13,19,24-25H,14-18H2,1-3H3. The quantitative estimate of drug-likeness (QED) is 0.687. The molecular formula is C23H32O3Si. The lowest BCUT2D eigenvalue weighted by Gasteiger charge is -2.43. The molecule has 0 radical (unpaired) electrons. The number of hydrogen-bond acceptors (Lipinski definition) is 3. The van der Waals surface area contributed by atoms with E-state index in [4.69, 9.17) is 4.43 Å². The molecule has 1 unspecified atom stereocenters. The molecule has 0 heterocycles. The van der Waals surface area contributed by atoms with Gasteiger partial charge in [-0.1, -0.05) is 81.4 Å². The van der Waals surface area contributed by atoms with E-state index >= 15 is 0 Å². The Bertz CT molecular complexity index is 681. The molecule has 0 aromatic heterocycles. The summed E-state index contributed by atoms with van der Waals surface area (Å²) in [5, 5.41) is 22.9. The SMILES string of the molecule is CC(C)(C)[Si](OCC(O)CCC1(O)CC1)(c1ccccc1)c1ccccc1. The molecule has 0 bridgehead atoms. The fourth-order valence-corrected chi connectivity index (χ4v) is 8.49. The van der Waals surface area contributed by atoms with E-state index in [0.717, 1.165) is 12.8 Å². The lowest BCUT2D eigenvalue weighted by molar-refractivity contribution is 0.0664. The van der Waals surface area contributed by atoms with E-state index in [1.165, 1.54) is 10.4 Å². The molecule has 2 N–H and O–H groups in total. The maximum Gasteiger partial charge on any atom is 0.261 e. The van der Waals surface area contributed by atoms with Gasteiger partial charge in [0, 0.05) is 0 Å². The van der Waals surface area contributed by atoms with Crippen LogP contribution in [0.3, 0.4) is 0 Å². The van der Waals surface area contributed by atoms with Crippen LogP contribution < -0.4 is 10.4 Å². The third-order valence-corrected chi connectivity index (χ3v) is 10.7. The second-order valence-electron chi connectivity index (χ2n) is 8.89. The van der Waals surface area contributed by atoms with Gasteiger partial charge in [0.2, 0.25) is 0 Å². The summed E-state index contributed by atoms with van der Waals surface area (Å²) in [5.74, 6) is 0. The van der Waals surface area contributed by atoms with Gasteiger partial charge >= 0.3 is 0 Å². The molecule has 146 valence electrons. The lowest BCUT2D eigenvalue weighted by Crippen LogP contribution is -2.67. The van der Waals surface area contributed by atoms with Gasteiger partial charge < -0.3 is 14.6 Å². The highest BCUT2D eigenvalue weighted by Gasteiger charge is 2.50. The van der Waals surface area contributed by atoms with Crippen LogP contribution in [0.4, 0.5) is 0 Å². The highest BCUT2D eigenvalue weighted by Crippen LogP contribution is 2.40. The van der Waals surface area contributed by atoms with Crippen molar-refractivity contribution < 1.29 is 14.6 Å². The first kappa shape index (κ1) is 20.3. The van der Waals surface area contributed by atoms with Crippen LogP contribution in [0.5, 0.6) is 0 Å². The van der Waals surface area contributed by atoms with Crippen molar-refractivity contribution in [1.82, 2.24) is 0 Å². The van der Waals surface area contributed by atoms with Crippen LogP contribution in [-0.4, -0.2) is 36.8 Å². The number of aliphatic hydroxyl groups excluding tert-OH is 1. The third-order valence-electron chi connectivity index (χ3n) is 5.68. The Morgan fingerprint density at radius 1 is 0.963 bits per heavy atom. The molecule has 27 heavy (non-hydrogen) atoms. The number of hydrogen-bond donors (Lipinski definition) is 2. The van der Waals surface area contributed by atoms with Crippen LogP contribution in [0.2, 0.25) is 5.04 Å². The summed E-state index contributed by atoms with van der Waals surface area (Å²) in [7, 11) is -2.59. The highest BCUT2D eigenvalue weighted by atomic mass is 28.4. The fourth-order valence-electron chi connectivity index (χ4n) is 3.90. The predicted molar refractivity (Wildman–Crippen MR) is 113 cm³/mol. The minimum Gasteiger partial charge on any atom is -0.405 e. The Morgan fingerprint density at radius 3 is 1.85 bits per heavy atom. The Kier molecular flexibility index (Phi) is 5.92. The summed E-state index contributed by atoms with van der Waals surface area (Å²) < 4.78 is 6.72. The molecule has 3 nitrogen and oxygen atoms in total. The minimum atomic E-state index is -2.59. The van der Waals surface area contributed by atoms with Gasteiger partial charge in [-0.05, 0) is 41.1 Å². The second-order valence-corrected chi connectivity index (χ2v) is 13.2. The van der Waals surface area contributed by atoms with Crippen molar-refractivity contribution in [2.45, 2.75) is 63.2 Å². The topological polar surface area (TPSA) is 49.7 Å². The summed E-state index contributed by atoms with van der Waals surface area (Å²) in [5.41, 5.74) is -0.529. The molecule has 4 heteroatoms. The molecule has 1 fully saturated rings. The van der Waals surface area contributed by atoms with Crippen molar-refractivity contribution in [2.24, 2.45) is 0 Å². The molecule has 1 atom stereocenters. The molecule has 3 rings (SSSR count). The van der Waals surface area contributed by atoms with Gasteiger partial charge in [0.1, 0.15) is 0 Å². The molecule has 0 spiro atoms. The zero-order valence-electron chi connectivity index (χ0n) is 16.7. The van der Waals surface area contributed by atoms with E-state index in [2.05, 4.69) is 69.3 Å². The molecular weight excluding hydrogens is 352 g/mol. The molecule has 2 aromatic rings. The summed E-state index contributed by atoms with van der Waals surface area (Å²) in [6, 6.07) is 20.9. The zero-order valence-corrected chi connectivity index (χ0v) is 17.7. The first-order valence-corrected chi connectivity index (χ1v) is 11.8. The molecule has 1 saturated carbocycles. The van der Waals surface area contributed by atoms with Gasteiger partial charge in [-0.25, -0.2) is 0 Å². The van der Waals surface area contributed by atoms with Crippen molar-refractivity contribution >= 4 is 18.7 Å². The van der Waals surface area contributed by atoms with E-state index in [1.807, 2.05) is 12.1 Å². The van der Waals surface area contributed by atoms with Crippen LogP contribution >= 0.6 is 0 Å². The smallest absolute Gasteiger partial charge is 0.261 e. The van der Waals surface area contributed by atoms with Gasteiger partial charge in [-0.2, -0.15) is 0 Å². The summed E-state index contributed by atoms with van der Waals surface area (Å²) in [6.07, 6.45) is 2.38. The lowest BCUT2D eigenvalue weighted by atomic mass is 10.1. The molecule has 0 saturated heterocycles. The van der Waals surface area contributed by atoms with Crippen LogP contribution in [0.15, 0.2) is 60.7 Å². The molecule has 1 aliphatic carbocycles. The monoisotopic (exact) mass is 384 g/mol. The maximum absolute atomic E-state index is 10.5. The summed E-state index contributed by atoms with van der Waals surface area (Å²) in [4.78, 5) is 0. The van der Waals surface area contributed by atoms with Crippen molar-refractivity contribution in [3.8, 4) is 0 Å². The second kappa shape index (κ2) is 7.88. The fraction of sp³-hybridized carbons (Fsp3) is 0.478. The number of benzene rings is 2. The first-order chi connectivity index (χ1) is 12.8. The van der Waals surface area contributed by atoms with Gasteiger partial charge in [0.15, 0.2) is 0 Å². The van der Waals surface area contributed by atoms with Crippen molar-refractivity contribution in [3.05, 3.63) is 60.7 Å².